The van der Waals surface area contributed by atoms with E-state index in [0.29, 0.717) is 4.31 Å². The number of benzene rings is 1. The van der Waals surface area contributed by atoms with Crippen molar-refractivity contribution in [2.45, 2.75) is 11.8 Å². The van der Waals surface area contributed by atoms with Crippen LogP contribution in [0.3, 0.4) is 0 Å². The van der Waals surface area contributed by atoms with E-state index in [4.69, 9.17) is 16.3 Å². The number of nitrogens with zero attached hydrogens (tertiary/aromatic N) is 1. The highest BCUT2D eigenvalue weighted by Crippen LogP contribution is 2.39. The van der Waals surface area contributed by atoms with E-state index in [1.54, 1.807) is 6.92 Å². The second-order valence-electron chi connectivity index (χ2n) is 3.53. The molecule has 98 valence electrons. The highest BCUT2D eigenvalue weighted by atomic mass is 35.5. The highest BCUT2D eigenvalue weighted by molar-refractivity contribution is 7.90. The molecule has 1 aromatic carbocycles. The van der Waals surface area contributed by atoms with E-state index in [1.807, 2.05) is 0 Å². The first-order valence-electron chi connectivity index (χ1n) is 5.06. The van der Waals surface area contributed by atoms with Gasteiger partial charge >= 0.3 is 0 Å². The van der Waals surface area contributed by atoms with Crippen molar-refractivity contribution in [2.75, 3.05) is 12.6 Å². The lowest BCUT2D eigenvalue weighted by molar-refractivity contribution is 0.0882. The Hall–Kier alpha value is -1.47. The minimum atomic E-state index is -4.00. The number of phenolic OH excluding ortho intramolecular Hbond substituents is 1. The van der Waals surface area contributed by atoms with E-state index in [1.165, 1.54) is 6.07 Å². The number of hydrogen-bond donors (Lipinski definition) is 1. The van der Waals surface area contributed by atoms with Crippen molar-refractivity contribution < 1.29 is 23.1 Å². The Morgan fingerprint density at radius 2 is 2.11 bits per heavy atom. The third-order valence-corrected chi connectivity index (χ3v) is 4.60. The van der Waals surface area contributed by atoms with Crippen molar-refractivity contribution in [3.05, 3.63) is 17.7 Å². The molecular weight excluding hydrogens is 282 g/mol. The van der Waals surface area contributed by atoms with Crippen molar-refractivity contribution >= 4 is 27.5 Å². The van der Waals surface area contributed by atoms with E-state index in [0.717, 1.165) is 6.07 Å². The lowest BCUT2D eigenvalue weighted by Gasteiger charge is -2.09. The molecule has 0 aliphatic carbocycles. The summed E-state index contributed by atoms with van der Waals surface area (Å²) in [5.41, 5.74) is -0.0877. The molecule has 0 fully saturated rings. The Balaban J connectivity index is 2.74. The summed E-state index contributed by atoms with van der Waals surface area (Å²) in [5, 5.41) is 9.47. The zero-order chi connectivity index (χ0) is 13.5. The number of ether oxygens (including phenoxy) is 1. The van der Waals surface area contributed by atoms with Crippen LogP contribution in [0.25, 0.3) is 0 Å². The molecule has 1 aliphatic heterocycles. The number of alkyl halides is 1. The molecule has 1 N–H and O–H groups in total. The number of aromatic hydroxyl groups is 1. The summed E-state index contributed by atoms with van der Waals surface area (Å²) in [6.07, 6.45) is 0. The Morgan fingerprint density at radius 3 is 2.67 bits per heavy atom. The molecule has 8 heteroatoms. The smallest absolute Gasteiger partial charge is 0.273 e. The van der Waals surface area contributed by atoms with Gasteiger partial charge in [-0.3, -0.25) is 4.79 Å². The number of phenols is 1. The summed E-state index contributed by atoms with van der Waals surface area (Å²) in [7, 11) is -4.00. The molecule has 0 radical (unpaired) electrons. The van der Waals surface area contributed by atoms with Crippen molar-refractivity contribution in [2.24, 2.45) is 0 Å². The Morgan fingerprint density at radius 1 is 1.44 bits per heavy atom. The van der Waals surface area contributed by atoms with Gasteiger partial charge in [0.05, 0.1) is 6.61 Å². The molecule has 1 heterocycles. The van der Waals surface area contributed by atoms with E-state index in [-0.39, 0.29) is 28.6 Å². The molecule has 1 amide bonds. The SMILES string of the molecule is CCOc1cc(O)cc2c1C(=O)N(CCl)S2(=O)=O. The zero-order valence-electron chi connectivity index (χ0n) is 9.38. The first-order chi connectivity index (χ1) is 8.43. The van der Waals surface area contributed by atoms with Gasteiger partial charge in [-0.2, -0.15) is 0 Å². The number of amides is 1. The minimum absolute atomic E-state index is 0.0358. The van der Waals surface area contributed by atoms with Crippen LogP contribution in [0.2, 0.25) is 0 Å². The van der Waals surface area contributed by atoms with Crippen LogP contribution in [0, 0.1) is 0 Å². The second-order valence-corrected chi connectivity index (χ2v) is 5.60. The molecule has 6 nitrogen and oxygen atoms in total. The fourth-order valence-corrected chi connectivity index (χ4v) is 3.62. The van der Waals surface area contributed by atoms with Crippen molar-refractivity contribution in [1.29, 1.82) is 0 Å². The fourth-order valence-electron chi connectivity index (χ4n) is 1.73. The molecule has 0 unspecified atom stereocenters. The predicted octanol–water partition coefficient (Wildman–Crippen LogP) is 1.13. The zero-order valence-corrected chi connectivity index (χ0v) is 11.0. The van der Waals surface area contributed by atoms with E-state index < -0.39 is 21.9 Å². The number of rotatable bonds is 3. The molecule has 0 saturated heterocycles. The van der Waals surface area contributed by atoms with Gasteiger partial charge in [-0.15, -0.1) is 11.6 Å². The Bertz CT molecular complexity index is 613. The van der Waals surface area contributed by atoms with Crippen molar-refractivity contribution in [1.82, 2.24) is 4.31 Å². The maximum atomic E-state index is 12.0. The van der Waals surface area contributed by atoms with Crippen LogP contribution in [-0.2, 0) is 10.0 Å². The number of hydrogen-bond acceptors (Lipinski definition) is 5. The number of halogens is 1. The van der Waals surface area contributed by atoms with Crippen LogP contribution in [0.4, 0.5) is 0 Å². The normalized spacial score (nSPS) is 16.8. The van der Waals surface area contributed by atoms with E-state index >= 15 is 0 Å². The topological polar surface area (TPSA) is 83.9 Å². The number of fused-ring (bicyclic) bond motifs is 1. The van der Waals surface area contributed by atoms with Gasteiger partial charge in [-0.05, 0) is 6.92 Å². The van der Waals surface area contributed by atoms with Crippen molar-refractivity contribution in [3.8, 4) is 11.5 Å². The largest absolute Gasteiger partial charge is 0.508 e. The van der Waals surface area contributed by atoms with Gasteiger partial charge in [0.25, 0.3) is 15.9 Å². The quantitative estimate of drug-likeness (QED) is 0.667. The van der Waals surface area contributed by atoms with Gasteiger partial charge in [-0.1, -0.05) is 0 Å². The van der Waals surface area contributed by atoms with Crippen LogP contribution in [0.5, 0.6) is 11.5 Å². The van der Waals surface area contributed by atoms with Gasteiger partial charge in [0, 0.05) is 12.1 Å². The summed E-state index contributed by atoms with van der Waals surface area (Å²) in [4.78, 5) is 11.7. The lowest BCUT2D eigenvalue weighted by Crippen LogP contribution is -2.28. The van der Waals surface area contributed by atoms with Crippen LogP contribution >= 0.6 is 11.6 Å². The molecule has 0 bridgehead atoms. The number of carbonyl (C=O) groups excluding carboxylic acids is 1. The second kappa shape index (κ2) is 4.33. The molecule has 1 aromatic rings. The molecule has 0 saturated carbocycles. The highest BCUT2D eigenvalue weighted by Gasteiger charge is 2.43. The van der Waals surface area contributed by atoms with Gasteiger partial charge in [-0.25, -0.2) is 12.7 Å². The standard InChI is InChI=1S/C10H10ClNO5S/c1-2-17-7-3-6(13)4-8-9(7)10(14)12(5-11)18(8,15)16/h3-4,13H,2,5H2,1H3. The Kier molecular flexibility index (Phi) is 3.12. The average molecular weight is 292 g/mol. The van der Waals surface area contributed by atoms with E-state index in [2.05, 4.69) is 0 Å². The summed E-state index contributed by atoms with van der Waals surface area (Å²) >= 11 is 5.47. The molecule has 18 heavy (non-hydrogen) atoms. The monoisotopic (exact) mass is 291 g/mol. The Labute approximate surface area is 109 Å². The maximum Gasteiger partial charge on any atom is 0.273 e. The van der Waals surface area contributed by atoms with Crippen LogP contribution in [0.1, 0.15) is 17.3 Å². The first-order valence-corrected chi connectivity index (χ1v) is 7.03. The van der Waals surface area contributed by atoms with Gasteiger partial charge < -0.3 is 9.84 Å². The summed E-state index contributed by atoms with van der Waals surface area (Å²) in [6.45, 7) is 1.92. The molecule has 2 rings (SSSR count). The third kappa shape index (κ3) is 1.70. The molecule has 0 aromatic heterocycles. The summed E-state index contributed by atoms with van der Waals surface area (Å²) < 4.78 is 29.7. The first kappa shape index (κ1) is 13.0. The van der Waals surface area contributed by atoms with Gasteiger partial charge in [0.15, 0.2) is 0 Å². The molecular formula is C10H10ClNO5S. The summed E-state index contributed by atoms with van der Waals surface area (Å²) in [6, 6.07) is 1.73. The minimum Gasteiger partial charge on any atom is -0.508 e. The number of sulfonamides is 1. The van der Waals surface area contributed by atoms with Crippen LogP contribution in [-0.4, -0.2) is 36.3 Å². The molecule has 1 aliphatic rings. The molecule has 0 atom stereocenters. The molecule has 0 spiro atoms. The lowest BCUT2D eigenvalue weighted by atomic mass is 10.2. The number of carbonyl (C=O) groups is 1. The fraction of sp³-hybridized carbons (Fsp3) is 0.300. The third-order valence-electron chi connectivity index (χ3n) is 2.47. The predicted molar refractivity (Wildman–Crippen MR) is 63.4 cm³/mol. The van der Waals surface area contributed by atoms with Crippen LogP contribution < -0.4 is 4.74 Å². The van der Waals surface area contributed by atoms with E-state index in [9.17, 15) is 18.3 Å². The summed E-state index contributed by atoms with van der Waals surface area (Å²) in [5.74, 6) is -0.998. The van der Waals surface area contributed by atoms with Crippen molar-refractivity contribution in [3.63, 3.8) is 0 Å². The van der Waals surface area contributed by atoms with Gasteiger partial charge in [0.1, 0.15) is 28.0 Å². The van der Waals surface area contributed by atoms with Crippen LogP contribution in [0.15, 0.2) is 17.0 Å². The van der Waals surface area contributed by atoms with Gasteiger partial charge in [0.2, 0.25) is 0 Å². The average Bonchev–Trinajstić information content (AvgIpc) is 2.47. The maximum absolute atomic E-state index is 12.0.